The topological polar surface area (TPSA) is 135 Å². The number of methoxy groups -OCH3 is 1. The third-order valence-electron chi connectivity index (χ3n) is 5.43. The van der Waals surface area contributed by atoms with Crippen LogP contribution in [0.3, 0.4) is 0 Å². The summed E-state index contributed by atoms with van der Waals surface area (Å²) < 4.78 is 12.8. The van der Waals surface area contributed by atoms with Crippen molar-refractivity contribution in [1.82, 2.24) is 19.5 Å². The molecule has 148 valence electrons. The smallest absolute Gasteiger partial charge is 0.167 e. The lowest BCUT2D eigenvalue weighted by atomic mass is 9.92. The number of aromatic nitrogens is 4. The first-order valence-electron chi connectivity index (χ1n) is 9.21. The maximum absolute atomic E-state index is 10.8. The summed E-state index contributed by atoms with van der Waals surface area (Å²) in [6.07, 6.45) is 4.19. The van der Waals surface area contributed by atoms with Gasteiger partial charge in [0.2, 0.25) is 0 Å². The molecule has 0 radical (unpaired) electrons. The van der Waals surface area contributed by atoms with Crippen molar-refractivity contribution < 1.29 is 24.8 Å². The first-order valence-corrected chi connectivity index (χ1v) is 9.21. The van der Waals surface area contributed by atoms with Crippen molar-refractivity contribution in [2.24, 2.45) is 0 Å². The van der Waals surface area contributed by atoms with Crippen LogP contribution in [0.4, 0.5) is 5.82 Å². The van der Waals surface area contributed by atoms with E-state index in [1.165, 1.54) is 13.4 Å². The Bertz CT molecular complexity index is 793. The van der Waals surface area contributed by atoms with Crippen molar-refractivity contribution in [2.75, 3.05) is 19.0 Å². The number of nitrogens with zero attached hydrogens (tertiary/aromatic N) is 4. The summed E-state index contributed by atoms with van der Waals surface area (Å²) in [6.45, 7) is -0.320. The van der Waals surface area contributed by atoms with Gasteiger partial charge in [-0.2, -0.15) is 0 Å². The second-order valence-corrected chi connectivity index (χ2v) is 7.20. The molecule has 27 heavy (non-hydrogen) atoms. The van der Waals surface area contributed by atoms with Gasteiger partial charge in [0.25, 0.3) is 0 Å². The minimum Gasteiger partial charge on any atom is -0.394 e. The van der Waals surface area contributed by atoms with Crippen LogP contribution < -0.4 is 5.32 Å². The van der Waals surface area contributed by atoms with Crippen molar-refractivity contribution in [3.8, 4) is 0 Å². The fraction of sp³-hybridized carbons (Fsp3) is 0.706. The van der Waals surface area contributed by atoms with Gasteiger partial charge in [-0.05, 0) is 25.7 Å². The summed E-state index contributed by atoms with van der Waals surface area (Å²) in [6, 6.07) is 0. The van der Waals surface area contributed by atoms with Crippen molar-refractivity contribution >= 4 is 17.0 Å². The van der Waals surface area contributed by atoms with Gasteiger partial charge < -0.3 is 30.1 Å². The Kier molecular flexibility index (Phi) is 4.99. The molecule has 2 fully saturated rings. The van der Waals surface area contributed by atoms with Gasteiger partial charge in [-0.3, -0.25) is 4.57 Å². The van der Waals surface area contributed by atoms with Crippen LogP contribution in [0.5, 0.6) is 0 Å². The number of hydrogen-bond acceptors (Lipinski definition) is 9. The van der Waals surface area contributed by atoms with Gasteiger partial charge >= 0.3 is 0 Å². The first kappa shape index (κ1) is 18.5. The number of ether oxygens (including phenoxy) is 2. The number of aliphatic hydroxyl groups is 3. The predicted molar refractivity (Wildman–Crippen MR) is 94.8 cm³/mol. The lowest BCUT2D eigenvalue weighted by Gasteiger charge is -2.33. The third-order valence-corrected chi connectivity index (χ3v) is 5.43. The molecule has 1 aliphatic carbocycles. The molecule has 4 rings (SSSR count). The van der Waals surface area contributed by atoms with Crippen LogP contribution >= 0.6 is 0 Å². The van der Waals surface area contributed by atoms with Crippen LogP contribution in [0, 0.1) is 0 Å². The van der Waals surface area contributed by atoms with E-state index in [2.05, 4.69) is 20.3 Å². The molecule has 0 spiro atoms. The summed E-state index contributed by atoms with van der Waals surface area (Å²) in [5.41, 5.74) is -0.0120. The highest BCUT2D eigenvalue weighted by Crippen LogP contribution is 2.35. The Morgan fingerprint density at radius 3 is 2.78 bits per heavy atom. The fourth-order valence-corrected chi connectivity index (χ4v) is 3.96. The highest BCUT2D eigenvalue weighted by molar-refractivity contribution is 5.83. The molecular formula is C17H25N5O5. The molecule has 2 aromatic rings. The van der Waals surface area contributed by atoms with Gasteiger partial charge in [0, 0.05) is 7.11 Å². The molecule has 0 amide bonds. The molecule has 0 bridgehead atoms. The summed E-state index contributed by atoms with van der Waals surface area (Å²) in [4.78, 5) is 12.9. The van der Waals surface area contributed by atoms with Crippen molar-refractivity contribution in [3.63, 3.8) is 0 Å². The molecule has 2 aliphatic rings. The van der Waals surface area contributed by atoms with E-state index < -0.39 is 30.3 Å². The van der Waals surface area contributed by atoms with Crippen molar-refractivity contribution in [2.45, 2.75) is 62.4 Å². The van der Waals surface area contributed by atoms with E-state index in [4.69, 9.17) is 9.47 Å². The Labute approximate surface area is 156 Å². The van der Waals surface area contributed by atoms with Gasteiger partial charge in [-0.25, -0.2) is 15.0 Å². The second-order valence-electron chi connectivity index (χ2n) is 7.20. The zero-order chi connectivity index (χ0) is 19.0. The molecular weight excluding hydrogens is 354 g/mol. The molecule has 1 aliphatic heterocycles. The second kappa shape index (κ2) is 7.28. The molecule has 2 aromatic heterocycles. The standard InChI is InChI=1S/C17H25N5O5/c1-26-13-12(24)10(7-23)27-16(13)22-9-20-11-14(18-8-19-15(11)22)21-17(25)5-3-2-4-6-17/h8-10,12-13,16,23-25H,2-7H2,1H3,(H,18,19,21)/t10-,12-,13-,16-/m1/s1. The first-order chi connectivity index (χ1) is 13.1. The van der Waals surface area contributed by atoms with Gasteiger partial charge in [-0.15, -0.1) is 0 Å². The number of hydrogen-bond donors (Lipinski definition) is 4. The van der Waals surface area contributed by atoms with Crippen LogP contribution in [0.25, 0.3) is 11.2 Å². The normalized spacial score (nSPS) is 30.7. The minimum atomic E-state index is -1.000. The molecule has 1 saturated carbocycles. The average Bonchev–Trinajstić information content (AvgIpc) is 3.23. The third kappa shape index (κ3) is 3.27. The van der Waals surface area contributed by atoms with Gasteiger partial charge in [0.1, 0.15) is 30.4 Å². The Hall–Kier alpha value is -1.85. The molecule has 10 nitrogen and oxygen atoms in total. The number of nitrogens with one attached hydrogen (secondary N) is 1. The zero-order valence-electron chi connectivity index (χ0n) is 15.2. The summed E-state index contributed by atoms with van der Waals surface area (Å²) in [5, 5.41) is 33.6. The molecule has 10 heteroatoms. The van der Waals surface area contributed by atoms with Crippen LogP contribution in [0.15, 0.2) is 12.7 Å². The van der Waals surface area contributed by atoms with E-state index in [9.17, 15) is 15.3 Å². The van der Waals surface area contributed by atoms with E-state index in [1.54, 1.807) is 10.9 Å². The van der Waals surface area contributed by atoms with Crippen LogP contribution in [0.1, 0.15) is 38.3 Å². The SMILES string of the molecule is CO[C@@H]1[C@H](O)[C@@H](CO)O[C@H]1n1cnc2c(NC3(O)CCCCC3)ncnc21. The van der Waals surface area contributed by atoms with E-state index in [0.29, 0.717) is 29.8 Å². The molecule has 4 N–H and O–H groups in total. The molecule has 1 saturated heterocycles. The van der Waals surface area contributed by atoms with Gasteiger partial charge in [0.15, 0.2) is 23.2 Å². The van der Waals surface area contributed by atoms with Gasteiger partial charge in [-0.1, -0.05) is 6.42 Å². The largest absolute Gasteiger partial charge is 0.394 e. The maximum Gasteiger partial charge on any atom is 0.167 e. The average molecular weight is 379 g/mol. The monoisotopic (exact) mass is 379 g/mol. The lowest BCUT2D eigenvalue weighted by molar-refractivity contribution is -0.0583. The Balaban J connectivity index is 1.66. The highest BCUT2D eigenvalue weighted by atomic mass is 16.6. The Morgan fingerprint density at radius 2 is 2.07 bits per heavy atom. The molecule has 3 heterocycles. The number of aliphatic hydroxyl groups excluding tert-OH is 2. The van der Waals surface area contributed by atoms with Crippen molar-refractivity contribution in [1.29, 1.82) is 0 Å². The quantitative estimate of drug-likeness (QED) is 0.536. The zero-order valence-corrected chi connectivity index (χ0v) is 15.2. The Morgan fingerprint density at radius 1 is 1.30 bits per heavy atom. The van der Waals surface area contributed by atoms with E-state index in [-0.39, 0.29) is 6.61 Å². The van der Waals surface area contributed by atoms with Crippen LogP contribution in [0.2, 0.25) is 0 Å². The maximum atomic E-state index is 10.8. The molecule has 0 aromatic carbocycles. The summed E-state index contributed by atoms with van der Waals surface area (Å²) in [5.74, 6) is 0.453. The fourth-order valence-electron chi connectivity index (χ4n) is 3.96. The highest BCUT2D eigenvalue weighted by Gasteiger charge is 2.45. The molecule has 0 unspecified atom stereocenters. The number of anilines is 1. The predicted octanol–water partition coefficient (Wildman–Crippen LogP) is 0.156. The van der Waals surface area contributed by atoms with E-state index in [1.807, 2.05) is 0 Å². The van der Waals surface area contributed by atoms with Crippen molar-refractivity contribution in [3.05, 3.63) is 12.7 Å². The molecule has 4 atom stereocenters. The van der Waals surface area contributed by atoms with Gasteiger partial charge in [0.05, 0.1) is 12.9 Å². The number of fused-ring (bicyclic) bond motifs is 1. The van der Waals surface area contributed by atoms with E-state index >= 15 is 0 Å². The summed E-state index contributed by atoms with van der Waals surface area (Å²) >= 11 is 0. The summed E-state index contributed by atoms with van der Waals surface area (Å²) in [7, 11) is 1.48. The minimum absolute atomic E-state index is 0.320. The number of rotatable bonds is 5. The van der Waals surface area contributed by atoms with Crippen LogP contribution in [-0.2, 0) is 9.47 Å². The van der Waals surface area contributed by atoms with Crippen LogP contribution in [-0.4, -0.2) is 72.6 Å². The number of imidazole rings is 1. The van der Waals surface area contributed by atoms with E-state index in [0.717, 1.165) is 19.3 Å². The lowest BCUT2D eigenvalue weighted by Crippen LogP contribution is -2.40.